The molecule has 0 bridgehead atoms. The maximum absolute atomic E-state index is 14.4. The van der Waals surface area contributed by atoms with Crippen molar-refractivity contribution in [3.63, 3.8) is 0 Å². The van der Waals surface area contributed by atoms with Crippen LogP contribution in [0, 0.1) is 11.2 Å². The minimum atomic E-state index is -0.314. The van der Waals surface area contributed by atoms with Crippen molar-refractivity contribution < 1.29 is 9.13 Å². The molecule has 0 atom stereocenters. The Balaban J connectivity index is 1.95. The van der Waals surface area contributed by atoms with Gasteiger partial charge in [0.25, 0.3) is 5.88 Å². The molecule has 1 aromatic rings. The summed E-state index contributed by atoms with van der Waals surface area (Å²) in [7, 11) is 0. The summed E-state index contributed by atoms with van der Waals surface area (Å²) in [5, 5.41) is 3.21. The van der Waals surface area contributed by atoms with Gasteiger partial charge < -0.3 is 10.1 Å². The number of halogens is 1. The van der Waals surface area contributed by atoms with Crippen LogP contribution in [0.15, 0.2) is 12.3 Å². The lowest BCUT2D eigenvalue weighted by Gasteiger charge is -2.34. The molecule has 1 aliphatic carbocycles. The van der Waals surface area contributed by atoms with Crippen molar-refractivity contribution in [1.29, 1.82) is 0 Å². The number of nitrogens with one attached hydrogen (secondary N) is 1. The highest BCUT2D eigenvalue weighted by atomic mass is 19.1. The van der Waals surface area contributed by atoms with Gasteiger partial charge in [0.2, 0.25) is 0 Å². The first kappa shape index (κ1) is 16.2. The molecular formula is C17H27FN2O. The minimum absolute atomic E-state index is 0.0962. The summed E-state index contributed by atoms with van der Waals surface area (Å²) >= 11 is 0. The molecular weight excluding hydrogens is 267 g/mol. The highest BCUT2D eigenvalue weighted by Crippen LogP contribution is 2.36. The first-order valence-electron chi connectivity index (χ1n) is 8.02. The zero-order valence-electron chi connectivity index (χ0n) is 13.4. The molecule has 4 heteroatoms. The highest BCUT2D eigenvalue weighted by Gasteiger charge is 2.28. The molecule has 1 fully saturated rings. The average molecular weight is 294 g/mol. The van der Waals surface area contributed by atoms with Crippen LogP contribution in [0.1, 0.15) is 58.4 Å². The number of aromatic nitrogens is 1. The number of hydrogen-bond donors (Lipinski definition) is 1. The molecule has 0 unspecified atom stereocenters. The largest absolute Gasteiger partial charge is 0.472 e. The number of ether oxygens (including phenoxy) is 1. The Labute approximate surface area is 127 Å². The molecule has 0 radical (unpaired) electrons. The first-order valence-corrected chi connectivity index (χ1v) is 8.02. The maximum atomic E-state index is 14.4. The first-order chi connectivity index (χ1) is 10.0. The van der Waals surface area contributed by atoms with E-state index in [4.69, 9.17) is 4.74 Å². The number of hydrogen-bond acceptors (Lipinski definition) is 3. The van der Waals surface area contributed by atoms with E-state index in [9.17, 15) is 4.39 Å². The molecule has 1 aliphatic rings. The van der Waals surface area contributed by atoms with Gasteiger partial charge in [-0.3, -0.25) is 0 Å². The lowest BCUT2D eigenvalue weighted by atomic mass is 9.76. The van der Waals surface area contributed by atoms with E-state index in [0.717, 1.165) is 38.6 Å². The summed E-state index contributed by atoms with van der Waals surface area (Å²) in [6, 6.07) is 1.72. The van der Waals surface area contributed by atoms with Crippen LogP contribution in [0.25, 0.3) is 0 Å². The fourth-order valence-electron chi connectivity index (χ4n) is 2.73. The van der Waals surface area contributed by atoms with E-state index in [0.29, 0.717) is 17.5 Å². The lowest BCUT2D eigenvalue weighted by Crippen LogP contribution is -2.29. The second kappa shape index (κ2) is 7.21. The van der Waals surface area contributed by atoms with Crippen molar-refractivity contribution >= 4 is 0 Å². The van der Waals surface area contributed by atoms with Gasteiger partial charge in [0.15, 0.2) is 5.82 Å². The topological polar surface area (TPSA) is 34.2 Å². The van der Waals surface area contributed by atoms with E-state index in [2.05, 4.69) is 31.1 Å². The normalized spacial score (nSPS) is 18.7. The third-order valence-electron chi connectivity index (χ3n) is 4.24. The van der Waals surface area contributed by atoms with Crippen LogP contribution >= 0.6 is 0 Å². The van der Waals surface area contributed by atoms with Gasteiger partial charge >= 0.3 is 0 Å². The number of nitrogens with zero attached hydrogens (tertiary/aromatic N) is 1. The van der Waals surface area contributed by atoms with E-state index in [1.54, 1.807) is 12.3 Å². The van der Waals surface area contributed by atoms with Crippen molar-refractivity contribution in [1.82, 2.24) is 10.3 Å². The molecule has 0 aliphatic heterocycles. The van der Waals surface area contributed by atoms with Crippen LogP contribution in [0.4, 0.5) is 4.39 Å². The van der Waals surface area contributed by atoms with Crippen LogP contribution < -0.4 is 10.1 Å². The maximum Gasteiger partial charge on any atom is 0.250 e. The van der Waals surface area contributed by atoms with E-state index >= 15 is 0 Å². The molecule has 1 N–H and O–H groups in total. The van der Waals surface area contributed by atoms with Crippen LogP contribution in [0.3, 0.4) is 0 Å². The zero-order valence-corrected chi connectivity index (χ0v) is 13.4. The Morgan fingerprint density at radius 2 is 2.10 bits per heavy atom. The summed E-state index contributed by atoms with van der Waals surface area (Å²) in [4.78, 5) is 4.07. The zero-order chi connectivity index (χ0) is 15.3. The SMILES string of the molecule is CCCNCc1ccnc(OC2CCC(C)(C)CC2)c1F. The molecule has 21 heavy (non-hydrogen) atoms. The highest BCUT2D eigenvalue weighted by molar-refractivity contribution is 5.23. The Morgan fingerprint density at radius 1 is 1.38 bits per heavy atom. The Kier molecular flexibility index (Phi) is 5.57. The van der Waals surface area contributed by atoms with Crippen molar-refractivity contribution in [3.8, 4) is 5.88 Å². The molecule has 1 heterocycles. The molecule has 1 aromatic heterocycles. The summed E-state index contributed by atoms with van der Waals surface area (Å²) < 4.78 is 20.2. The molecule has 0 saturated heterocycles. The van der Waals surface area contributed by atoms with Crippen molar-refractivity contribution in [2.75, 3.05) is 6.54 Å². The Bertz CT molecular complexity index is 452. The van der Waals surface area contributed by atoms with Crippen LogP contribution in [-0.2, 0) is 6.54 Å². The number of rotatable bonds is 6. The molecule has 2 rings (SSSR count). The second-order valence-electron chi connectivity index (χ2n) is 6.75. The molecule has 0 amide bonds. The van der Waals surface area contributed by atoms with Gasteiger partial charge in [-0.05, 0) is 50.1 Å². The summed E-state index contributed by atoms with van der Waals surface area (Å²) in [5.41, 5.74) is 1.02. The molecule has 3 nitrogen and oxygen atoms in total. The molecule has 1 saturated carbocycles. The van der Waals surface area contributed by atoms with Crippen molar-refractivity contribution in [3.05, 3.63) is 23.6 Å². The predicted molar refractivity (Wildman–Crippen MR) is 82.9 cm³/mol. The minimum Gasteiger partial charge on any atom is -0.472 e. The monoisotopic (exact) mass is 294 g/mol. The van der Waals surface area contributed by atoms with E-state index in [1.807, 2.05) is 0 Å². The summed E-state index contributed by atoms with van der Waals surface area (Å²) in [6.45, 7) is 8.06. The third-order valence-corrected chi connectivity index (χ3v) is 4.24. The third kappa shape index (κ3) is 4.67. The van der Waals surface area contributed by atoms with E-state index in [-0.39, 0.29) is 17.8 Å². The lowest BCUT2D eigenvalue weighted by molar-refractivity contribution is 0.0908. The Morgan fingerprint density at radius 3 is 2.76 bits per heavy atom. The second-order valence-corrected chi connectivity index (χ2v) is 6.75. The quantitative estimate of drug-likeness (QED) is 0.803. The van der Waals surface area contributed by atoms with Gasteiger partial charge in [-0.15, -0.1) is 0 Å². The summed E-state index contributed by atoms with van der Waals surface area (Å²) in [5.74, 6) is -0.151. The van der Waals surface area contributed by atoms with Crippen molar-refractivity contribution in [2.45, 2.75) is 65.5 Å². The Hall–Kier alpha value is -1.16. The predicted octanol–water partition coefficient (Wildman–Crippen LogP) is 4.07. The van der Waals surface area contributed by atoms with Gasteiger partial charge in [-0.25, -0.2) is 9.37 Å². The van der Waals surface area contributed by atoms with Crippen LogP contribution in [-0.4, -0.2) is 17.6 Å². The molecule has 0 spiro atoms. The number of pyridine rings is 1. The van der Waals surface area contributed by atoms with Gasteiger partial charge in [-0.2, -0.15) is 0 Å². The molecule has 0 aromatic carbocycles. The van der Waals surface area contributed by atoms with Crippen LogP contribution in [0.5, 0.6) is 5.88 Å². The summed E-state index contributed by atoms with van der Waals surface area (Å²) in [6.07, 6.45) is 6.97. The molecule has 118 valence electrons. The van der Waals surface area contributed by atoms with Crippen molar-refractivity contribution in [2.24, 2.45) is 5.41 Å². The van der Waals surface area contributed by atoms with E-state index in [1.165, 1.54) is 0 Å². The van der Waals surface area contributed by atoms with Gasteiger partial charge in [-0.1, -0.05) is 20.8 Å². The van der Waals surface area contributed by atoms with Gasteiger partial charge in [0.1, 0.15) is 6.10 Å². The fraction of sp³-hybridized carbons (Fsp3) is 0.706. The van der Waals surface area contributed by atoms with Crippen LogP contribution in [0.2, 0.25) is 0 Å². The van der Waals surface area contributed by atoms with E-state index < -0.39 is 0 Å². The van der Waals surface area contributed by atoms with Gasteiger partial charge in [0.05, 0.1) is 0 Å². The standard InChI is InChI=1S/C17H27FN2O/c1-4-10-19-12-13-7-11-20-16(15(13)18)21-14-5-8-17(2,3)9-6-14/h7,11,14,19H,4-6,8-10,12H2,1-3H3. The smallest absolute Gasteiger partial charge is 0.250 e. The van der Waals surface area contributed by atoms with Gasteiger partial charge in [0, 0.05) is 18.3 Å². The fourth-order valence-corrected chi connectivity index (χ4v) is 2.73. The average Bonchev–Trinajstić information content (AvgIpc) is 2.45.